The topological polar surface area (TPSA) is 87.4 Å². The lowest BCUT2D eigenvalue weighted by Crippen LogP contribution is -2.38. The first-order valence-corrected chi connectivity index (χ1v) is 10.2. The number of amides is 1. The third-order valence-corrected chi connectivity index (χ3v) is 5.11. The van der Waals surface area contributed by atoms with Crippen LogP contribution >= 0.6 is 0 Å². The van der Waals surface area contributed by atoms with Crippen molar-refractivity contribution in [1.29, 1.82) is 0 Å². The summed E-state index contributed by atoms with van der Waals surface area (Å²) < 4.78 is 2.24. The van der Waals surface area contributed by atoms with Gasteiger partial charge in [0, 0.05) is 46.2 Å². The Labute approximate surface area is 172 Å². The molecular weight excluding hydrogens is 366 g/mol. The van der Waals surface area contributed by atoms with E-state index in [2.05, 4.69) is 30.4 Å². The van der Waals surface area contributed by atoms with Crippen LogP contribution in [0, 0.1) is 0 Å². The van der Waals surface area contributed by atoms with Crippen molar-refractivity contribution in [2.45, 2.75) is 45.2 Å². The monoisotopic (exact) mass is 397 g/mol. The summed E-state index contributed by atoms with van der Waals surface area (Å²) in [6.07, 6.45) is 5.43. The maximum absolute atomic E-state index is 12.1. The molecule has 1 aromatic carbocycles. The minimum absolute atomic E-state index is 0.0183. The molecule has 0 fully saturated rings. The summed E-state index contributed by atoms with van der Waals surface area (Å²) in [6, 6.07) is 7.76. The Hall–Kier alpha value is -2.90. The Morgan fingerprint density at radius 1 is 1.21 bits per heavy atom. The highest BCUT2D eigenvalue weighted by Crippen LogP contribution is 2.14. The number of aromatic nitrogens is 3. The van der Waals surface area contributed by atoms with Gasteiger partial charge < -0.3 is 20.1 Å². The second kappa shape index (κ2) is 10.0. The average molecular weight is 398 g/mol. The molecule has 1 amide bonds. The molecule has 156 valence electrons. The number of aliphatic imine (C=N–C) groups is 1. The van der Waals surface area contributed by atoms with Crippen LogP contribution in [0.4, 0.5) is 0 Å². The van der Waals surface area contributed by atoms with Gasteiger partial charge >= 0.3 is 0 Å². The number of rotatable bonds is 6. The Kier molecular flexibility index (Phi) is 7.21. The average Bonchev–Trinajstić information content (AvgIpc) is 2.96. The zero-order chi connectivity index (χ0) is 20.6. The van der Waals surface area contributed by atoms with E-state index in [0.717, 1.165) is 49.1 Å². The summed E-state index contributed by atoms with van der Waals surface area (Å²) in [4.78, 5) is 18.0. The Balaban J connectivity index is 1.50. The molecular formula is C21H31N7O. The lowest BCUT2D eigenvalue weighted by atomic mass is 10.1. The number of fused-ring (bicyclic) bond motifs is 1. The van der Waals surface area contributed by atoms with Crippen molar-refractivity contribution in [3.05, 3.63) is 47.0 Å². The van der Waals surface area contributed by atoms with Crippen LogP contribution in [0.2, 0.25) is 0 Å². The highest BCUT2D eigenvalue weighted by atomic mass is 16.2. The Morgan fingerprint density at radius 3 is 2.86 bits per heavy atom. The molecule has 0 saturated carbocycles. The van der Waals surface area contributed by atoms with Gasteiger partial charge in [-0.15, -0.1) is 10.2 Å². The summed E-state index contributed by atoms with van der Waals surface area (Å²) in [5.74, 6) is 2.80. The summed E-state index contributed by atoms with van der Waals surface area (Å²) in [5.41, 5.74) is 1.82. The second-order valence-electron chi connectivity index (χ2n) is 7.50. The van der Waals surface area contributed by atoms with Gasteiger partial charge in [0.2, 0.25) is 0 Å². The van der Waals surface area contributed by atoms with Gasteiger partial charge in [0.15, 0.2) is 11.8 Å². The standard InChI is InChI=1S/C21H31N7O/c1-22-21(24-15-19-26-25-18-10-5-4-6-13-28(18)19)23-12-11-16-8-7-9-17(14-16)20(29)27(2)3/h7-9,14H,4-6,10-13,15H2,1-3H3,(H2,22,23,24). The minimum Gasteiger partial charge on any atom is -0.356 e. The number of nitrogens with one attached hydrogen (secondary N) is 2. The fourth-order valence-corrected chi connectivity index (χ4v) is 3.50. The van der Waals surface area contributed by atoms with Crippen LogP contribution in [0.1, 0.15) is 46.8 Å². The molecule has 2 heterocycles. The molecule has 2 N–H and O–H groups in total. The summed E-state index contributed by atoms with van der Waals surface area (Å²) in [5, 5.41) is 15.3. The summed E-state index contributed by atoms with van der Waals surface area (Å²) in [6.45, 7) is 2.31. The van der Waals surface area contributed by atoms with E-state index < -0.39 is 0 Å². The van der Waals surface area contributed by atoms with Crippen LogP contribution < -0.4 is 10.6 Å². The normalized spacial score (nSPS) is 14.1. The molecule has 0 saturated heterocycles. The van der Waals surface area contributed by atoms with Crippen molar-refractivity contribution in [2.24, 2.45) is 4.99 Å². The van der Waals surface area contributed by atoms with Gasteiger partial charge in [-0.3, -0.25) is 9.79 Å². The first-order chi connectivity index (χ1) is 14.1. The van der Waals surface area contributed by atoms with Crippen molar-refractivity contribution >= 4 is 11.9 Å². The van der Waals surface area contributed by atoms with Crippen molar-refractivity contribution in [2.75, 3.05) is 27.7 Å². The maximum Gasteiger partial charge on any atom is 0.253 e. The number of carbonyl (C=O) groups is 1. The molecule has 8 nitrogen and oxygen atoms in total. The zero-order valence-corrected chi connectivity index (χ0v) is 17.6. The van der Waals surface area contributed by atoms with Gasteiger partial charge in [-0.2, -0.15) is 0 Å². The van der Waals surface area contributed by atoms with E-state index in [9.17, 15) is 4.79 Å². The van der Waals surface area contributed by atoms with E-state index in [-0.39, 0.29) is 5.91 Å². The number of nitrogens with zero attached hydrogens (tertiary/aromatic N) is 5. The van der Waals surface area contributed by atoms with Crippen molar-refractivity contribution in [3.63, 3.8) is 0 Å². The van der Waals surface area contributed by atoms with Crippen LogP contribution in [-0.4, -0.2) is 59.2 Å². The zero-order valence-electron chi connectivity index (χ0n) is 17.6. The van der Waals surface area contributed by atoms with Gasteiger partial charge in [-0.1, -0.05) is 18.6 Å². The lowest BCUT2D eigenvalue weighted by Gasteiger charge is -2.13. The van der Waals surface area contributed by atoms with Gasteiger partial charge in [-0.25, -0.2) is 0 Å². The van der Waals surface area contributed by atoms with Gasteiger partial charge in [0.1, 0.15) is 5.82 Å². The van der Waals surface area contributed by atoms with E-state index in [4.69, 9.17) is 0 Å². The van der Waals surface area contributed by atoms with E-state index in [1.165, 1.54) is 19.3 Å². The second-order valence-corrected chi connectivity index (χ2v) is 7.50. The molecule has 0 unspecified atom stereocenters. The van der Waals surface area contributed by atoms with Crippen LogP contribution in [0.5, 0.6) is 0 Å². The Bertz CT molecular complexity index is 856. The van der Waals surface area contributed by atoms with E-state index >= 15 is 0 Å². The molecule has 0 aliphatic carbocycles. The van der Waals surface area contributed by atoms with Crippen LogP contribution in [0.15, 0.2) is 29.3 Å². The molecule has 0 bridgehead atoms. The Morgan fingerprint density at radius 2 is 2.07 bits per heavy atom. The largest absolute Gasteiger partial charge is 0.356 e. The molecule has 0 radical (unpaired) electrons. The third-order valence-electron chi connectivity index (χ3n) is 5.11. The quantitative estimate of drug-likeness (QED) is 0.571. The minimum atomic E-state index is 0.0183. The summed E-state index contributed by atoms with van der Waals surface area (Å²) >= 11 is 0. The highest BCUT2D eigenvalue weighted by molar-refractivity contribution is 5.94. The molecule has 3 rings (SSSR count). The van der Waals surface area contributed by atoms with Crippen molar-refractivity contribution < 1.29 is 4.79 Å². The van der Waals surface area contributed by atoms with Gasteiger partial charge in [-0.05, 0) is 37.0 Å². The van der Waals surface area contributed by atoms with Gasteiger partial charge in [0.25, 0.3) is 5.91 Å². The van der Waals surface area contributed by atoms with Crippen molar-refractivity contribution in [3.8, 4) is 0 Å². The van der Waals surface area contributed by atoms with Gasteiger partial charge in [0.05, 0.1) is 6.54 Å². The van der Waals surface area contributed by atoms with Crippen molar-refractivity contribution in [1.82, 2.24) is 30.3 Å². The molecule has 1 aliphatic heterocycles. The van der Waals surface area contributed by atoms with Crippen LogP contribution in [0.3, 0.4) is 0 Å². The predicted molar refractivity (Wildman–Crippen MR) is 114 cm³/mol. The van der Waals surface area contributed by atoms with Crippen LogP contribution in [-0.2, 0) is 25.9 Å². The SMILES string of the molecule is CN=C(NCCc1cccc(C(=O)N(C)C)c1)NCc1nnc2n1CCCCC2. The molecule has 0 spiro atoms. The first-order valence-electron chi connectivity index (χ1n) is 10.2. The number of hydrogen-bond acceptors (Lipinski definition) is 4. The number of carbonyl (C=O) groups excluding carboxylic acids is 1. The fraction of sp³-hybridized carbons (Fsp3) is 0.524. The molecule has 1 aliphatic rings. The van der Waals surface area contributed by atoms with E-state index in [0.29, 0.717) is 12.1 Å². The maximum atomic E-state index is 12.1. The molecule has 2 aromatic rings. The number of benzene rings is 1. The number of guanidine groups is 1. The molecule has 29 heavy (non-hydrogen) atoms. The van der Waals surface area contributed by atoms with Crippen LogP contribution in [0.25, 0.3) is 0 Å². The molecule has 8 heteroatoms. The fourth-order valence-electron chi connectivity index (χ4n) is 3.50. The summed E-state index contributed by atoms with van der Waals surface area (Å²) in [7, 11) is 5.29. The lowest BCUT2D eigenvalue weighted by molar-refractivity contribution is 0.0827. The van der Waals surface area contributed by atoms with E-state index in [1.807, 2.05) is 24.3 Å². The highest BCUT2D eigenvalue weighted by Gasteiger charge is 2.14. The smallest absolute Gasteiger partial charge is 0.253 e. The third kappa shape index (κ3) is 5.56. The van der Waals surface area contributed by atoms with E-state index in [1.54, 1.807) is 26.0 Å². The predicted octanol–water partition coefficient (Wildman–Crippen LogP) is 1.61. The molecule has 0 atom stereocenters. The molecule has 1 aromatic heterocycles. The number of hydrogen-bond donors (Lipinski definition) is 2. The first kappa shape index (κ1) is 20.8. The number of aryl methyl sites for hydroxylation is 1.